The highest BCUT2D eigenvalue weighted by Crippen LogP contribution is 2.43. The molecule has 2 aliphatic heterocycles. The highest BCUT2D eigenvalue weighted by Gasteiger charge is 2.42. The third-order valence-electron chi connectivity index (χ3n) is 7.73. The zero-order chi connectivity index (χ0) is 26.5. The van der Waals surface area contributed by atoms with Crippen molar-refractivity contribution in [3.8, 4) is 5.75 Å². The molecule has 0 spiro atoms. The van der Waals surface area contributed by atoms with Crippen molar-refractivity contribution in [2.45, 2.75) is 64.0 Å². The molecule has 0 bridgehead atoms. The lowest BCUT2D eigenvalue weighted by atomic mass is 9.87. The number of alkyl halides is 2. The molecule has 0 unspecified atom stereocenters. The second kappa shape index (κ2) is 9.62. The van der Waals surface area contributed by atoms with Crippen molar-refractivity contribution in [1.29, 1.82) is 0 Å². The van der Waals surface area contributed by atoms with E-state index in [4.69, 9.17) is 4.74 Å². The van der Waals surface area contributed by atoms with Gasteiger partial charge >= 0.3 is 0 Å². The summed E-state index contributed by atoms with van der Waals surface area (Å²) in [5.41, 5.74) is -0.234. The monoisotopic (exact) mass is 517 g/mol. The average Bonchev–Trinajstić information content (AvgIpc) is 3.16. The molecule has 2 atom stereocenters. The standard InChI is InChI=1S/C29H35F4N3O/c1-5-29(33)16-35(17-29)10-11-37-19-13-22(30)25(23(31)14-19)27-26-21(20-8-6-7-9-24(20)34-26)12-18(2)36(27)15-28(3,4)32/h6-9,13-14,18,27,34H,5,10-12,15-17H2,1-4H3/t18-,27-/m1/s1. The van der Waals surface area contributed by atoms with Crippen molar-refractivity contribution < 1.29 is 22.3 Å². The molecule has 1 saturated heterocycles. The largest absolute Gasteiger partial charge is 0.492 e. The summed E-state index contributed by atoms with van der Waals surface area (Å²) in [6.45, 7) is 8.15. The first-order valence-electron chi connectivity index (χ1n) is 13.0. The van der Waals surface area contributed by atoms with Gasteiger partial charge in [-0.1, -0.05) is 25.1 Å². The van der Waals surface area contributed by atoms with Gasteiger partial charge in [0.2, 0.25) is 0 Å². The topological polar surface area (TPSA) is 31.5 Å². The molecule has 5 rings (SSSR count). The number of ether oxygens (including phenoxy) is 1. The molecule has 0 amide bonds. The van der Waals surface area contributed by atoms with Crippen LogP contribution in [0, 0.1) is 11.6 Å². The van der Waals surface area contributed by atoms with E-state index in [-0.39, 0.29) is 30.5 Å². The van der Waals surface area contributed by atoms with E-state index in [1.807, 2.05) is 47.9 Å². The number of aromatic nitrogens is 1. The molecule has 3 heterocycles. The SMILES string of the molecule is CCC1(F)CN(CCOc2cc(F)c([C@@H]3c4[nH]c5ccccc5c4C[C@@H](C)N3CC(C)(C)F)c(F)c2)C1. The maximum atomic E-state index is 15.7. The van der Waals surface area contributed by atoms with Gasteiger partial charge in [-0.2, -0.15) is 0 Å². The number of benzene rings is 2. The molecule has 2 aromatic carbocycles. The third kappa shape index (κ3) is 5.10. The fraction of sp³-hybridized carbons (Fsp3) is 0.517. The first-order chi connectivity index (χ1) is 17.5. The summed E-state index contributed by atoms with van der Waals surface area (Å²) in [4.78, 5) is 7.14. The molecule has 1 N–H and O–H groups in total. The van der Waals surface area contributed by atoms with Crippen LogP contribution in [0.15, 0.2) is 36.4 Å². The molecule has 0 radical (unpaired) electrons. The summed E-state index contributed by atoms with van der Waals surface area (Å²) < 4.78 is 66.0. The molecule has 0 aliphatic carbocycles. The van der Waals surface area contributed by atoms with E-state index in [1.165, 1.54) is 26.0 Å². The van der Waals surface area contributed by atoms with E-state index in [2.05, 4.69) is 4.98 Å². The van der Waals surface area contributed by atoms with Crippen molar-refractivity contribution in [2.75, 3.05) is 32.8 Å². The molecular formula is C29H35F4N3O. The van der Waals surface area contributed by atoms with Crippen LogP contribution in [0.4, 0.5) is 17.6 Å². The van der Waals surface area contributed by atoms with Gasteiger partial charge in [-0.15, -0.1) is 0 Å². The van der Waals surface area contributed by atoms with Crippen molar-refractivity contribution in [2.24, 2.45) is 0 Å². The Balaban J connectivity index is 1.45. The summed E-state index contributed by atoms with van der Waals surface area (Å²) in [7, 11) is 0. The third-order valence-corrected chi connectivity index (χ3v) is 7.73. The average molecular weight is 518 g/mol. The summed E-state index contributed by atoms with van der Waals surface area (Å²) in [5, 5.41) is 1.01. The molecule has 37 heavy (non-hydrogen) atoms. The highest BCUT2D eigenvalue weighted by atomic mass is 19.2. The van der Waals surface area contributed by atoms with Gasteiger partial charge in [-0.3, -0.25) is 9.80 Å². The molecule has 200 valence electrons. The number of nitrogens with zero attached hydrogens (tertiary/aromatic N) is 2. The van der Waals surface area contributed by atoms with E-state index >= 15 is 8.78 Å². The predicted molar refractivity (Wildman–Crippen MR) is 138 cm³/mol. The van der Waals surface area contributed by atoms with E-state index in [0.29, 0.717) is 38.2 Å². The Morgan fingerprint density at radius 1 is 1.14 bits per heavy atom. The van der Waals surface area contributed by atoms with Crippen molar-refractivity contribution in [1.82, 2.24) is 14.8 Å². The van der Waals surface area contributed by atoms with Gasteiger partial charge in [-0.25, -0.2) is 17.6 Å². The number of halogens is 4. The Bertz CT molecular complexity index is 1250. The number of H-pyrrole nitrogens is 1. The predicted octanol–water partition coefficient (Wildman–Crippen LogP) is 6.34. The minimum absolute atomic E-state index is 0.0222. The maximum absolute atomic E-state index is 15.7. The van der Waals surface area contributed by atoms with Gasteiger partial charge in [0, 0.05) is 66.5 Å². The molecule has 2 aliphatic rings. The molecule has 8 heteroatoms. The smallest absolute Gasteiger partial charge is 0.136 e. The fourth-order valence-corrected chi connectivity index (χ4v) is 5.83. The number of para-hydroxylation sites is 1. The second-order valence-electron chi connectivity index (χ2n) is 11.3. The first kappa shape index (κ1) is 26.0. The molecule has 3 aromatic rings. The molecular weight excluding hydrogens is 482 g/mol. The minimum atomic E-state index is -1.56. The van der Waals surface area contributed by atoms with Crippen LogP contribution in [0.25, 0.3) is 10.9 Å². The van der Waals surface area contributed by atoms with Gasteiger partial charge in [0.05, 0.1) is 6.04 Å². The number of aromatic amines is 1. The zero-order valence-corrected chi connectivity index (χ0v) is 21.9. The van der Waals surface area contributed by atoms with Gasteiger partial charge in [0.25, 0.3) is 0 Å². The van der Waals surface area contributed by atoms with Gasteiger partial charge in [-0.05, 0) is 45.2 Å². The molecule has 0 saturated carbocycles. The number of likely N-dealkylation sites (tertiary alicyclic amines) is 1. The Morgan fingerprint density at radius 3 is 2.46 bits per heavy atom. The normalized spacial score (nSPS) is 22.2. The minimum Gasteiger partial charge on any atom is -0.492 e. The number of nitrogens with one attached hydrogen (secondary N) is 1. The van der Waals surface area contributed by atoms with Crippen LogP contribution < -0.4 is 4.74 Å². The zero-order valence-electron chi connectivity index (χ0n) is 21.9. The summed E-state index contributed by atoms with van der Waals surface area (Å²) in [6, 6.07) is 9.23. The summed E-state index contributed by atoms with van der Waals surface area (Å²) >= 11 is 0. The van der Waals surface area contributed by atoms with Crippen LogP contribution in [0.5, 0.6) is 5.75 Å². The van der Waals surface area contributed by atoms with Crippen LogP contribution >= 0.6 is 0 Å². The van der Waals surface area contributed by atoms with Gasteiger partial charge in [0.1, 0.15) is 35.3 Å². The van der Waals surface area contributed by atoms with Gasteiger partial charge < -0.3 is 9.72 Å². The first-order valence-corrected chi connectivity index (χ1v) is 13.0. The summed E-state index contributed by atoms with van der Waals surface area (Å²) in [6.07, 6.45) is 1.11. The second-order valence-corrected chi connectivity index (χ2v) is 11.3. The number of rotatable bonds is 8. The highest BCUT2D eigenvalue weighted by molar-refractivity contribution is 5.85. The lowest BCUT2D eigenvalue weighted by Gasteiger charge is -2.44. The fourth-order valence-electron chi connectivity index (χ4n) is 5.83. The van der Waals surface area contributed by atoms with Crippen LogP contribution in [0.1, 0.15) is 57.0 Å². The van der Waals surface area contributed by atoms with E-state index in [0.717, 1.165) is 16.5 Å². The summed E-state index contributed by atoms with van der Waals surface area (Å²) in [5.74, 6) is -1.39. The van der Waals surface area contributed by atoms with E-state index < -0.39 is 29.0 Å². The lowest BCUT2D eigenvalue weighted by Crippen LogP contribution is -2.59. The number of hydrogen-bond donors (Lipinski definition) is 1. The Morgan fingerprint density at radius 2 is 1.81 bits per heavy atom. The van der Waals surface area contributed by atoms with E-state index in [9.17, 15) is 8.78 Å². The van der Waals surface area contributed by atoms with Crippen molar-refractivity contribution in [3.63, 3.8) is 0 Å². The lowest BCUT2D eigenvalue weighted by molar-refractivity contribution is -0.0391. The molecule has 4 nitrogen and oxygen atoms in total. The number of fused-ring (bicyclic) bond motifs is 3. The van der Waals surface area contributed by atoms with Gasteiger partial charge in [0.15, 0.2) is 0 Å². The Hall–Kier alpha value is -2.58. The van der Waals surface area contributed by atoms with Crippen LogP contribution in [0.2, 0.25) is 0 Å². The Labute approximate surface area is 215 Å². The van der Waals surface area contributed by atoms with Crippen LogP contribution in [-0.4, -0.2) is 64.9 Å². The molecule has 1 fully saturated rings. The van der Waals surface area contributed by atoms with Crippen LogP contribution in [-0.2, 0) is 6.42 Å². The number of hydrogen-bond acceptors (Lipinski definition) is 3. The van der Waals surface area contributed by atoms with Crippen molar-refractivity contribution >= 4 is 10.9 Å². The maximum Gasteiger partial charge on any atom is 0.136 e. The quantitative estimate of drug-likeness (QED) is 0.354. The Kier molecular flexibility index (Phi) is 6.77. The van der Waals surface area contributed by atoms with Crippen molar-refractivity contribution in [3.05, 3.63) is 64.9 Å². The van der Waals surface area contributed by atoms with Crippen LogP contribution in [0.3, 0.4) is 0 Å². The molecule has 1 aromatic heterocycles. The van der Waals surface area contributed by atoms with E-state index in [1.54, 1.807) is 0 Å².